The number of nitrogens with one attached hydrogen (secondary N) is 1. The van der Waals surface area contributed by atoms with E-state index in [-0.39, 0.29) is 17.4 Å². The van der Waals surface area contributed by atoms with Gasteiger partial charge in [-0.1, -0.05) is 65.8 Å². The number of thioether (sulfide) groups is 1. The van der Waals surface area contributed by atoms with Gasteiger partial charge >= 0.3 is 0 Å². The zero-order valence-corrected chi connectivity index (χ0v) is 16.7. The Hall–Kier alpha value is -3.09. The first kappa shape index (κ1) is 19.2. The fourth-order valence-electron chi connectivity index (χ4n) is 2.79. The molecule has 0 aliphatic rings. The molecule has 144 valence electrons. The lowest BCUT2D eigenvalue weighted by Crippen LogP contribution is -2.17. The number of carbonyl (C=O) groups is 2. The zero-order chi connectivity index (χ0) is 20.2. The normalized spacial score (nSPS) is 10.8. The largest absolute Gasteiger partial charge is 0.431 e. The molecule has 0 saturated heterocycles. The van der Waals surface area contributed by atoms with Crippen molar-refractivity contribution >= 4 is 51.8 Å². The lowest BCUT2D eigenvalue weighted by Gasteiger charge is -2.11. The SMILES string of the molecule is O=C(CSc1nc2ccccc2o1)Nc1cc(Cl)ccc1C(=O)c1ccccc1. The van der Waals surface area contributed by atoms with Crippen molar-refractivity contribution < 1.29 is 14.0 Å². The summed E-state index contributed by atoms with van der Waals surface area (Å²) in [5, 5.41) is 3.61. The van der Waals surface area contributed by atoms with Gasteiger partial charge in [0.15, 0.2) is 11.4 Å². The summed E-state index contributed by atoms with van der Waals surface area (Å²) in [6.45, 7) is 0. The minimum absolute atomic E-state index is 0.0816. The second-order valence-electron chi connectivity index (χ2n) is 6.17. The number of rotatable bonds is 6. The van der Waals surface area contributed by atoms with Crippen LogP contribution in [-0.2, 0) is 4.79 Å². The molecule has 0 unspecified atom stereocenters. The van der Waals surface area contributed by atoms with Gasteiger partial charge in [-0.25, -0.2) is 4.98 Å². The molecular weight excluding hydrogens is 408 g/mol. The molecule has 0 atom stereocenters. The maximum Gasteiger partial charge on any atom is 0.257 e. The number of benzene rings is 3. The Labute approximate surface area is 176 Å². The molecule has 1 aromatic heterocycles. The molecule has 0 aliphatic heterocycles. The molecule has 1 N–H and O–H groups in total. The van der Waals surface area contributed by atoms with Gasteiger partial charge < -0.3 is 9.73 Å². The van der Waals surface area contributed by atoms with Crippen molar-refractivity contribution in [1.29, 1.82) is 0 Å². The van der Waals surface area contributed by atoms with Crippen molar-refractivity contribution in [1.82, 2.24) is 4.98 Å². The maximum absolute atomic E-state index is 12.8. The molecule has 0 bridgehead atoms. The molecule has 3 aromatic carbocycles. The minimum Gasteiger partial charge on any atom is -0.431 e. The van der Waals surface area contributed by atoms with Gasteiger partial charge in [0.05, 0.1) is 11.4 Å². The molecule has 4 rings (SSSR count). The Balaban J connectivity index is 1.48. The van der Waals surface area contributed by atoms with Crippen LogP contribution in [0.5, 0.6) is 0 Å². The van der Waals surface area contributed by atoms with Crippen molar-refractivity contribution in [3.8, 4) is 0 Å². The molecule has 0 saturated carbocycles. The van der Waals surface area contributed by atoms with Crippen LogP contribution in [0.1, 0.15) is 15.9 Å². The van der Waals surface area contributed by atoms with Gasteiger partial charge in [0.2, 0.25) is 5.91 Å². The molecule has 1 amide bonds. The summed E-state index contributed by atoms with van der Waals surface area (Å²) in [5.74, 6) is -0.399. The van der Waals surface area contributed by atoms with Crippen LogP contribution >= 0.6 is 23.4 Å². The van der Waals surface area contributed by atoms with Gasteiger partial charge in [-0.3, -0.25) is 9.59 Å². The predicted molar refractivity (Wildman–Crippen MR) is 115 cm³/mol. The highest BCUT2D eigenvalue weighted by Gasteiger charge is 2.16. The molecular formula is C22H15ClN2O3S. The number of nitrogens with zero attached hydrogens (tertiary/aromatic N) is 1. The number of hydrogen-bond donors (Lipinski definition) is 1. The molecule has 0 radical (unpaired) electrons. The number of carbonyl (C=O) groups excluding carboxylic acids is 2. The van der Waals surface area contributed by atoms with Gasteiger partial charge in [0, 0.05) is 16.1 Å². The summed E-state index contributed by atoms with van der Waals surface area (Å²) in [6.07, 6.45) is 0. The lowest BCUT2D eigenvalue weighted by molar-refractivity contribution is -0.113. The quantitative estimate of drug-likeness (QED) is 0.330. The fourth-order valence-corrected chi connectivity index (χ4v) is 3.60. The molecule has 5 nitrogen and oxygen atoms in total. The molecule has 7 heteroatoms. The molecule has 4 aromatic rings. The Bertz CT molecular complexity index is 1160. The Morgan fingerprint density at radius 2 is 1.76 bits per heavy atom. The van der Waals surface area contributed by atoms with E-state index in [0.29, 0.717) is 32.6 Å². The Morgan fingerprint density at radius 3 is 2.55 bits per heavy atom. The van der Waals surface area contributed by atoms with Crippen LogP contribution in [0.3, 0.4) is 0 Å². The third-order valence-electron chi connectivity index (χ3n) is 4.14. The Morgan fingerprint density at radius 1 is 1.00 bits per heavy atom. The summed E-state index contributed by atoms with van der Waals surface area (Å²) in [4.78, 5) is 29.6. The summed E-state index contributed by atoms with van der Waals surface area (Å²) in [7, 11) is 0. The zero-order valence-electron chi connectivity index (χ0n) is 15.1. The van der Waals surface area contributed by atoms with E-state index in [0.717, 1.165) is 5.52 Å². The number of halogens is 1. The van der Waals surface area contributed by atoms with Crippen molar-refractivity contribution in [2.45, 2.75) is 5.22 Å². The van der Waals surface area contributed by atoms with E-state index in [4.69, 9.17) is 16.0 Å². The summed E-state index contributed by atoms with van der Waals surface area (Å²) < 4.78 is 5.60. The van der Waals surface area contributed by atoms with E-state index in [9.17, 15) is 9.59 Å². The summed E-state index contributed by atoms with van der Waals surface area (Å²) in [5.41, 5.74) is 2.68. The number of para-hydroxylation sites is 2. The second kappa shape index (κ2) is 8.51. The number of anilines is 1. The summed E-state index contributed by atoms with van der Waals surface area (Å²) >= 11 is 7.26. The molecule has 1 heterocycles. The third kappa shape index (κ3) is 4.50. The van der Waals surface area contributed by atoms with Gasteiger partial charge in [-0.2, -0.15) is 0 Å². The monoisotopic (exact) mass is 422 g/mol. The van der Waals surface area contributed by atoms with Crippen molar-refractivity contribution in [2.75, 3.05) is 11.1 Å². The highest BCUT2D eigenvalue weighted by molar-refractivity contribution is 7.99. The summed E-state index contributed by atoms with van der Waals surface area (Å²) in [6, 6.07) is 21.1. The molecule has 0 aliphatic carbocycles. The lowest BCUT2D eigenvalue weighted by atomic mass is 10.0. The second-order valence-corrected chi connectivity index (χ2v) is 7.53. The van der Waals surface area contributed by atoms with E-state index in [1.165, 1.54) is 11.8 Å². The smallest absolute Gasteiger partial charge is 0.257 e. The number of ketones is 1. The van der Waals surface area contributed by atoms with E-state index < -0.39 is 0 Å². The van der Waals surface area contributed by atoms with Gasteiger partial charge in [-0.05, 0) is 30.3 Å². The predicted octanol–water partition coefficient (Wildman–Crippen LogP) is 5.44. The first-order valence-corrected chi connectivity index (χ1v) is 10.1. The van der Waals surface area contributed by atoms with E-state index >= 15 is 0 Å². The number of amides is 1. The van der Waals surface area contributed by atoms with Gasteiger partial charge in [-0.15, -0.1) is 0 Å². The number of oxazole rings is 1. The van der Waals surface area contributed by atoms with Crippen LogP contribution in [0.15, 0.2) is 82.4 Å². The number of aromatic nitrogens is 1. The highest BCUT2D eigenvalue weighted by Crippen LogP contribution is 2.26. The average molecular weight is 423 g/mol. The Kier molecular flexibility index (Phi) is 5.64. The first-order valence-electron chi connectivity index (χ1n) is 8.78. The minimum atomic E-state index is -0.290. The fraction of sp³-hybridized carbons (Fsp3) is 0.0455. The number of fused-ring (bicyclic) bond motifs is 1. The van der Waals surface area contributed by atoms with E-state index in [1.807, 2.05) is 30.3 Å². The van der Waals surface area contributed by atoms with Crippen LogP contribution in [-0.4, -0.2) is 22.4 Å². The highest BCUT2D eigenvalue weighted by atomic mass is 35.5. The maximum atomic E-state index is 12.8. The van der Waals surface area contributed by atoms with Crippen LogP contribution < -0.4 is 5.32 Å². The standard InChI is InChI=1S/C22H15ClN2O3S/c23-15-10-11-16(21(27)14-6-2-1-3-7-14)18(12-15)24-20(26)13-29-22-25-17-8-4-5-9-19(17)28-22/h1-12H,13H2,(H,24,26). The number of hydrogen-bond acceptors (Lipinski definition) is 5. The van der Waals surface area contributed by atoms with Crippen molar-refractivity contribution in [3.63, 3.8) is 0 Å². The van der Waals surface area contributed by atoms with Crippen LogP contribution in [0.2, 0.25) is 5.02 Å². The topological polar surface area (TPSA) is 72.2 Å². The van der Waals surface area contributed by atoms with E-state index in [2.05, 4.69) is 10.3 Å². The van der Waals surface area contributed by atoms with Crippen LogP contribution in [0.25, 0.3) is 11.1 Å². The first-order chi connectivity index (χ1) is 14.1. The van der Waals surface area contributed by atoms with E-state index in [1.54, 1.807) is 42.5 Å². The average Bonchev–Trinajstić information content (AvgIpc) is 3.16. The molecule has 0 spiro atoms. The van der Waals surface area contributed by atoms with Crippen molar-refractivity contribution in [3.05, 3.63) is 88.9 Å². The van der Waals surface area contributed by atoms with Gasteiger partial charge in [0.25, 0.3) is 5.22 Å². The third-order valence-corrected chi connectivity index (χ3v) is 5.20. The molecule has 0 fully saturated rings. The van der Waals surface area contributed by atoms with Crippen molar-refractivity contribution in [2.24, 2.45) is 0 Å². The van der Waals surface area contributed by atoms with Gasteiger partial charge in [0.1, 0.15) is 5.52 Å². The van der Waals surface area contributed by atoms with Crippen LogP contribution in [0.4, 0.5) is 5.69 Å². The molecule has 29 heavy (non-hydrogen) atoms. The van der Waals surface area contributed by atoms with Crippen LogP contribution in [0, 0.1) is 0 Å².